The van der Waals surface area contributed by atoms with Gasteiger partial charge in [-0.2, -0.15) is 0 Å². The number of rotatable bonds is 4. The summed E-state index contributed by atoms with van der Waals surface area (Å²) in [5, 5.41) is 6.20. The van der Waals surface area contributed by atoms with E-state index in [1.165, 1.54) is 70.0 Å². The molecule has 2 heterocycles. The van der Waals surface area contributed by atoms with Crippen molar-refractivity contribution in [2.24, 2.45) is 0 Å². The number of aromatic nitrogens is 1. The molecule has 9 rings (SSSR count). The monoisotopic (exact) mass is 566 g/mol. The molecule has 0 saturated heterocycles. The first-order valence-electron chi connectivity index (χ1n) is 14.6. The zero-order valence-electron chi connectivity index (χ0n) is 23.3. The highest BCUT2D eigenvalue weighted by Gasteiger charge is 2.20. The summed E-state index contributed by atoms with van der Waals surface area (Å²) in [6.45, 7) is 0. The second kappa shape index (κ2) is 9.59. The average Bonchev–Trinajstić information content (AvgIpc) is 3.60. The molecule has 0 N–H and O–H groups in total. The Morgan fingerprint density at radius 2 is 0.977 bits per heavy atom. The molecule has 7 aromatic carbocycles. The second-order valence-electron chi connectivity index (χ2n) is 11.0. The molecule has 0 atom stereocenters. The number of benzene rings is 7. The van der Waals surface area contributed by atoms with Crippen molar-refractivity contribution < 1.29 is 0 Å². The van der Waals surface area contributed by atoms with Crippen LogP contribution in [0.15, 0.2) is 158 Å². The van der Waals surface area contributed by atoms with Crippen LogP contribution in [0.3, 0.4) is 0 Å². The van der Waals surface area contributed by atoms with E-state index >= 15 is 0 Å². The van der Waals surface area contributed by atoms with Gasteiger partial charge in [-0.15, -0.1) is 11.3 Å². The molecule has 0 amide bonds. The van der Waals surface area contributed by atoms with Gasteiger partial charge in [-0.1, -0.05) is 115 Å². The molecule has 0 radical (unpaired) electrons. The number of para-hydroxylation sites is 2. The molecule has 3 heteroatoms. The molecule has 9 aromatic rings. The van der Waals surface area contributed by atoms with Gasteiger partial charge in [-0.25, -0.2) is 0 Å². The maximum absolute atomic E-state index is 2.43. The van der Waals surface area contributed by atoms with Gasteiger partial charge >= 0.3 is 0 Å². The van der Waals surface area contributed by atoms with Crippen molar-refractivity contribution >= 4 is 75.9 Å². The summed E-state index contributed by atoms with van der Waals surface area (Å²) >= 11 is 1.87. The Morgan fingerprint density at radius 3 is 1.65 bits per heavy atom. The molecule has 0 aliphatic heterocycles. The summed E-state index contributed by atoms with van der Waals surface area (Å²) in [6.07, 6.45) is 0. The van der Waals surface area contributed by atoms with Crippen LogP contribution >= 0.6 is 11.3 Å². The highest BCUT2D eigenvalue weighted by molar-refractivity contribution is 7.24. The van der Waals surface area contributed by atoms with Crippen LogP contribution < -0.4 is 4.90 Å². The normalized spacial score (nSPS) is 11.7. The van der Waals surface area contributed by atoms with Crippen molar-refractivity contribution in [2.45, 2.75) is 0 Å². The average molecular weight is 567 g/mol. The van der Waals surface area contributed by atoms with E-state index in [0.29, 0.717) is 0 Å². The molecule has 0 bridgehead atoms. The van der Waals surface area contributed by atoms with E-state index in [4.69, 9.17) is 0 Å². The first kappa shape index (κ1) is 24.2. The van der Waals surface area contributed by atoms with E-state index in [2.05, 4.69) is 167 Å². The SMILES string of the molecule is c1ccc2c(N(c3ccc(-c4c5ccccc5n5c4sc4ccccc45)cc3)c3cccc4ccccc34)cccc2c1. The molecule has 0 spiro atoms. The number of thiazole rings is 1. The number of hydrogen-bond donors (Lipinski definition) is 0. The fourth-order valence-corrected chi connectivity index (χ4v) is 7.89. The fraction of sp³-hybridized carbons (Fsp3) is 0. The first-order chi connectivity index (χ1) is 21.3. The van der Waals surface area contributed by atoms with E-state index in [1.54, 1.807) is 0 Å². The zero-order chi connectivity index (χ0) is 28.3. The van der Waals surface area contributed by atoms with Crippen molar-refractivity contribution in [3.63, 3.8) is 0 Å². The molecule has 0 aliphatic rings. The van der Waals surface area contributed by atoms with E-state index in [0.717, 1.165) is 5.69 Å². The number of hydrogen-bond acceptors (Lipinski definition) is 2. The van der Waals surface area contributed by atoms with Crippen molar-refractivity contribution in [1.29, 1.82) is 0 Å². The third-order valence-electron chi connectivity index (χ3n) is 8.57. The van der Waals surface area contributed by atoms with Crippen molar-refractivity contribution in [3.05, 3.63) is 158 Å². The molecule has 43 heavy (non-hydrogen) atoms. The lowest BCUT2D eigenvalue weighted by molar-refractivity contribution is 1.31. The number of fused-ring (bicyclic) bond motifs is 7. The van der Waals surface area contributed by atoms with Gasteiger partial charge in [-0.05, 0) is 58.8 Å². The predicted molar refractivity (Wildman–Crippen MR) is 185 cm³/mol. The highest BCUT2D eigenvalue weighted by atomic mass is 32.1. The van der Waals surface area contributed by atoms with Crippen LogP contribution in [-0.2, 0) is 0 Å². The van der Waals surface area contributed by atoms with E-state index in [-0.39, 0.29) is 0 Å². The highest BCUT2D eigenvalue weighted by Crippen LogP contribution is 2.45. The Morgan fingerprint density at radius 1 is 0.442 bits per heavy atom. The Labute approximate surface area is 253 Å². The quantitative estimate of drug-likeness (QED) is 0.206. The Hall–Kier alpha value is -5.38. The third kappa shape index (κ3) is 3.72. The van der Waals surface area contributed by atoms with Gasteiger partial charge in [0, 0.05) is 27.4 Å². The molecule has 0 unspecified atom stereocenters. The minimum absolute atomic E-state index is 1.13. The van der Waals surface area contributed by atoms with Crippen LogP contribution in [0.5, 0.6) is 0 Å². The van der Waals surface area contributed by atoms with Crippen LogP contribution in [0.4, 0.5) is 17.1 Å². The van der Waals surface area contributed by atoms with Crippen molar-refractivity contribution in [1.82, 2.24) is 4.40 Å². The van der Waals surface area contributed by atoms with Gasteiger partial charge in [0.1, 0.15) is 4.83 Å². The lowest BCUT2D eigenvalue weighted by Crippen LogP contribution is -2.11. The Balaban J connectivity index is 1.27. The lowest BCUT2D eigenvalue weighted by Gasteiger charge is -2.28. The standard InChI is InChI=1S/C40H26N2S/c1-3-15-31-27(11-1)13-9-20-34(31)41(35-21-10-14-28-12-2-4-16-32(28)35)30-25-23-29(24-26-30)39-33-17-5-6-18-36(33)42-37-19-7-8-22-38(37)43-40(39)42/h1-26H. The summed E-state index contributed by atoms with van der Waals surface area (Å²) in [6, 6.07) is 57.1. The molecule has 0 fully saturated rings. The van der Waals surface area contributed by atoms with Crippen LogP contribution in [0.2, 0.25) is 0 Å². The molecular formula is C40H26N2S. The zero-order valence-corrected chi connectivity index (χ0v) is 24.1. The molecule has 0 aliphatic carbocycles. The maximum atomic E-state index is 2.43. The minimum atomic E-state index is 1.13. The molecule has 2 aromatic heterocycles. The van der Waals surface area contributed by atoms with Crippen molar-refractivity contribution in [2.75, 3.05) is 4.90 Å². The maximum Gasteiger partial charge on any atom is 0.109 e. The van der Waals surface area contributed by atoms with Gasteiger partial charge in [0.25, 0.3) is 0 Å². The van der Waals surface area contributed by atoms with E-state index in [1.807, 2.05) is 11.3 Å². The largest absolute Gasteiger partial charge is 0.309 e. The van der Waals surface area contributed by atoms with Gasteiger partial charge in [0.05, 0.1) is 27.1 Å². The Bertz CT molecular complexity index is 2370. The molecule has 0 saturated carbocycles. The van der Waals surface area contributed by atoms with Crippen LogP contribution in [0.25, 0.3) is 58.6 Å². The summed E-state index contributed by atoms with van der Waals surface area (Å²) in [7, 11) is 0. The summed E-state index contributed by atoms with van der Waals surface area (Å²) in [5.41, 5.74) is 8.51. The topological polar surface area (TPSA) is 7.65 Å². The van der Waals surface area contributed by atoms with E-state index < -0.39 is 0 Å². The molecule has 202 valence electrons. The summed E-state index contributed by atoms with van der Waals surface area (Å²) < 4.78 is 3.73. The number of anilines is 3. The third-order valence-corrected chi connectivity index (χ3v) is 9.72. The van der Waals surface area contributed by atoms with Crippen LogP contribution in [0.1, 0.15) is 0 Å². The van der Waals surface area contributed by atoms with Gasteiger partial charge in [-0.3, -0.25) is 4.40 Å². The molecular weight excluding hydrogens is 541 g/mol. The van der Waals surface area contributed by atoms with Gasteiger partial charge in [0.15, 0.2) is 0 Å². The summed E-state index contributed by atoms with van der Waals surface area (Å²) in [4.78, 5) is 3.71. The van der Waals surface area contributed by atoms with Crippen LogP contribution in [0, 0.1) is 0 Å². The summed E-state index contributed by atoms with van der Waals surface area (Å²) in [5.74, 6) is 0. The number of nitrogens with zero attached hydrogens (tertiary/aromatic N) is 2. The lowest BCUT2D eigenvalue weighted by atomic mass is 10.0. The first-order valence-corrected chi connectivity index (χ1v) is 15.4. The minimum Gasteiger partial charge on any atom is -0.309 e. The fourth-order valence-electron chi connectivity index (χ4n) is 6.66. The van der Waals surface area contributed by atoms with Crippen molar-refractivity contribution in [3.8, 4) is 11.1 Å². The molecule has 2 nitrogen and oxygen atoms in total. The predicted octanol–water partition coefficient (Wildman–Crippen LogP) is 11.8. The van der Waals surface area contributed by atoms with Crippen LogP contribution in [-0.4, -0.2) is 4.40 Å². The second-order valence-corrected chi connectivity index (χ2v) is 12.0. The Kier molecular flexibility index (Phi) is 5.40. The smallest absolute Gasteiger partial charge is 0.109 e. The van der Waals surface area contributed by atoms with Gasteiger partial charge in [0.2, 0.25) is 0 Å². The van der Waals surface area contributed by atoms with E-state index in [9.17, 15) is 0 Å². The van der Waals surface area contributed by atoms with Gasteiger partial charge < -0.3 is 4.90 Å².